The van der Waals surface area contributed by atoms with Crippen LogP contribution in [0.1, 0.15) is 5.56 Å². The molecule has 7 nitrogen and oxygen atoms in total. The van der Waals surface area contributed by atoms with Gasteiger partial charge in [-0.15, -0.1) is 0 Å². The molecule has 4 rings (SSSR count). The number of anilines is 1. The van der Waals surface area contributed by atoms with Gasteiger partial charge >= 0.3 is 0 Å². The first-order chi connectivity index (χ1) is 13.8. The molecule has 0 saturated carbocycles. The molecule has 0 saturated heterocycles. The van der Waals surface area contributed by atoms with Crippen LogP contribution in [-0.2, 0) is 11.2 Å². The number of rotatable bonds is 5. The quantitative estimate of drug-likeness (QED) is 0.581. The topological polar surface area (TPSA) is 93.6 Å². The summed E-state index contributed by atoms with van der Waals surface area (Å²) in [6.07, 6.45) is 11.9. The number of carbonyl (C=O) groups excluding carboxylic acids is 1. The van der Waals surface area contributed by atoms with Crippen molar-refractivity contribution in [1.82, 2.24) is 24.9 Å². The van der Waals surface area contributed by atoms with Crippen molar-refractivity contribution >= 4 is 11.7 Å². The van der Waals surface area contributed by atoms with Gasteiger partial charge in [-0.3, -0.25) is 24.7 Å². The standard InChI is InChI=1S/C21H16N6O/c28-21(11-15-1-3-18(25-12-15)16-5-7-22-8-6-16)27-20-4-2-17(13-26-20)19-14-23-9-10-24-19/h1-10,12-14H,11H2,(H,26,27,28). The van der Waals surface area contributed by atoms with E-state index in [-0.39, 0.29) is 12.3 Å². The van der Waals surface area contributed by atoms with E-state index in [9.17, 15) is 4.79 Å². The van der Waals surface area contributed by atoms with Gasteiger partial charge in [-0.25, -0.2) is 4.98 Å². The zero-order chi connectivity index (χ0) is 19.2. The second kappa shape index (κ2) is 8.13. The zero-order valence-corrected chi connectivity index (χ0v) is 14.9. The monoisotopic (exact) mass is 368 g/mol. The molecule has 4 heterocycles. The van der Waals surface area contributed by atoms with E-state index in [1.807, 2.05) is 30.3 Å². The maximum Gasteiger partial charge on any atom is 0.230 e. The van der Waals surface area contributed by atoms with Crippen LogP contribution in [0.5, 0.6) is 0 Å². The molecule has 0 spiro atoms. The van der Waals surface area contributed by atoms with Crippen molar-refractivity contribution in [3.8, 4) is 22.5 Å². The molecule has 0 radical (unpaired) electrons. The van der Waals surface area contributed by atoms with Crippen LogP contribution < -0.4 is 5.32 Å². The summed E-state index contributed by atoms with van der Waals surface area (Å²) >= 11 is 0. The highest BCUT2D eigenvalue weighted by molar-refractivity contribution is 5.91. The van der Waals surface area contributed by atoms with Crippen molar-refractivity contribution in [3.63, 3.8) is 0 Å². The summed E-state index contributed by atoms with van der Waals surface area (Å²) in [6.45, 7) is 0. The first-order valence-electron chi connectivity index (χ1n) is 8.65. The minimum absolute atomic E-state index is 0.154. The first kappa shape index (κ1) is 17.4. The zero-order valence-electron chi connectivity index (χ0n) is 14.9. The molecule has 0 aliphatic rings. The van der Waals surface area contributed by atoms with Crippen LogP contribution in [0.25, 0.3) is 22.5 Å². The van der Waals surface area contributed by atoms with E-state index in [2.05, 4.69) is 30.2 Å². The largest absolute Gasteiger partial charge is 0.310 e. The molecule has 1 amide bonds. The maximum atomic E-state index is 12.3. The van der Waals surface area contributed by atoms with Gasteiger partial charge in [0.15, 0.2) is 0 Å². The average Bonchev–Trinajstić information content (AvgIpc) is 2.76. The predicted molar refractivity (Wildman–Crippen MR) is 105 cm³/mol. The number of amides is 1. The molecule has 4 aromatic rings. The van der Waals surface area contributed by atoms with Gasteiger partial charge in [-0.2, -0.15) is 0 Å². The Kier molecular flexibility index (Phi) is 5.06. The van der Waals surface area contributed by atoms with Crippen LogP contribution in [0, 0.1) is 0 Å². The maximum absolute atomic E-state index is 12.3. The highest BCUT2D eigenvalue weighted by atomic mass is 16.1. The summed E-state index contributed by atoms with van der Waals surface area (Å²) in [5.41, 5.74) is 4.22. The molecule has 0 aliphatic carbocycles. The minimum Gasteiger partial charge on any atom is -0.310 e. The fourth-order valence-corrected chi connectivity index (χ4v) is 2.66. The Morgan fingerprint density at radius 3 is 2.29 bits per heavy atom. The third kappa shape index (κ3) is 4.21. The molecule has 136 valence electrons. The van der Waals surface area contributed by atoms with Crippen LogP contribution in [-0.4, -0.2) is 30.8 Å². The minimum atomic E-state index is -0.154. The molecule has 0 aliphatic heterocycles. The lowest BCUT2D eigenvalue weighted by Crippen LogP contribution is -2.15. The SMILES string of the molecule is O=C(Cc1ccc(-c2ccncc2)nc1)Nc1ccc(-c2cnccn2)cn1. The average molecular weight is 368 g/mol. The second-order valence-electron chi connectivity index (χ2n) is 6.04. The molecule has 7 heteroatoms. The number of nitrogens with zero attached hydrogens (tertiary/aromatic N) is 5. The third-order valence-corrected chi connectivity index (χ3v) is 4.06. The van der Waals surface area contributed by atoms with E-state index in [1.54, 1.807) is 49.4 Å². The lowest BCUT2D eigenvalue weighted by Gasteiger charge is -2.06. The number of aromatic nitrogens is 5. The summed E-state index contributed by atoms with van der Waals surface area (Å²) in [7, 11) is 0. The fourth-order valence-electron chi connectivity index (χ4n) is 2.66. The smallest absolute Gasteiger partial charge is 0.230 e. The van der Waals surface area contributed by atoms with Crippen molar-refractivity contribution in [3.05, 3.63) is 85.3 Å². The number of hydrogen-bond acceptors (Lipinski definition) is 6. The Hall–Kier alpha value is -4.00. The van der Waals surface area contributed by atoms with E-state index in [0.717, 1.165) is 28.1 Å². The molecule has 1 N–H and O–H groups in total. The summed E-state index contributed by atoms with van der Waals surface area (Å²) in [5.74, 6) is 0.331. The summed E-state index contributed by atoms with van der Waals surface area (Å²) in [4.78, 5) is 33.2. The Morgan fingerprint density at radius 2 is 1.61 bits per heavy atom. The van der Waals surface area contributed by atoms with Crippen LogP contribution in [0.3, 0.4) is 0 Å². The predicted octanol–water partition coefficient (Wildman–Crippen LogP) is 3.18. The molecule has 28 heavy (non-hydrogen) atoms. The number of nitrogens with one attached hydrogen (secondary N) is 1. The van der Waals surface area contributed by atoms with Crippen molar-refractivity contribution < 1.29 is 4.79 Å². The van der Waals surface area contributed by atoms with E-state index in [1.165, 1.54) is 0 Å². The normalized spacial score (nSPS) is 10.4. The molecular weight excluding hydrogens is 352 g/mol. The number of hydrogen-bond donors (Lipinski definition) is 1. The summed E-state index contributed by atoms with van der Waals surface area (Å²) in [5, 5.41) is 2.79. The number of carbonyl (C=O) groups is 1. The van der Waals surface area contributed by atoms with Gasteiger partial charge in [0.1, 0.15) is 5.82 Å². The second-order valence-corrected chi connectivity index (χ2v) is 6.04. The molecular formula is C21H16N6O. The van der Waals surface area contributed by atoms with Crippen LogP contribution >= 0.6 is 0 Å². The highest BCUT2D eigenvalue weighted by Gasteiger charge is 2.07. The lowest BCUT2D eigenvalue weighted by atomic mass is 10.1. The molecule has 0 unspecified atom stereocenters. The van der Waals surface area contributed by atoms with Gasteiger partial charge in [0.2, 0.25) is 5.91 Å². The Morgan fingerprint density at radius 1 is 0.714 bits per heavy atom. The first-order valence-corrected chi connectivity index (χ1v) is 8.65. The summed E-state index contributed by atoms with van der Waals surface area (Å²) < 4.78 is 0. The van der Waals surface area contributed by atoms with E-state index >= 15 is 0 Å². The highest BCUT2D eigenvalue weighted by Crippen LogP contribution is 2.17. The molecule has 4 aromatic heterocycles. The van der Waals surface area contributed by atoms with Crippen molar-refractivity contribution in [2.75, 3.05) is 5.32 Å². The number of pyridine rings is 3. The molecule has 0 aromatic carbocycles. The van der Waals surface area contributed by atoms with Crippen LogP contribution in [0.2, 0.25) is 0 Å². The fraction of sp³-hybridized carbons (Fsp3) is 0.0476. The van der Waals surface area contributed by atoms with Gasteiger partial charge in [0.05, 0.1) is 24.0 Å². The van der Waals surface area contributed by atoms with Gasteiger partial charge in [-0.05, 0) is 35.9 Å². The van der Waals surface area contributed by atoms with Crippen LogP contribution in [0.4, 0.5) is 5.82 Å². The summed E-state index contributed by atoms with van der Waals surface area (Å²) in [6, 6.07) is 11.2. The third-order valence-electron chi connectivity index (χ3n) is 4.06. The molecule has 0 fully saturated rings. The van der Waals surface area contributed by atoms with E-state index < -0.39 is 0 Å². The van der Waals surface area contributed by atoms with E-state index in [4.69, 9.17) is 0 Å². The Labute approximate surface area is 161 Å². The lowest BCUT2D eigenvalue weighted by molar-refractivity contribution is -0.115. The van der Waals surface area contributed by atoms with Gasteiger partial charge in [0, 0.05) is 48.3 Å². The van der Waals surface area contributed by atoms with Gasteiger partial charge < -0.3 is 5.32 Å². The van der Waals surface area contributed by atoms with Crippen molar-refractivity contribution in [2.24, 2.45) is 0 Å². The Balaban J connectivity index is 1.38. The van der Waals surface area contributed by atoms with Gasteiger partial charge in [-0.1, -0.05) is 6.07 Å². The molecule has 0 bridgehead atoms. The van der Waals surface area contributed by atoms with Crippen molar-refractivity contribution in [1.29, 1.82) is 0 Å². The molecule has 0 atom stereocenters. The van der Waals surface area contributed by atoms with E-state index in [0.29, 0.717) is 5.82 Å². The van der Waals surface area contributed by atoms with Crippen LogP contribution in [0.15, 0.2) is 79.8 Å². The van der Waals surface area contributed by atoms with Crippen molar-refractivity contribution in [2.45, 2.75) is 6.42 Å². The Bertz CT molecular complexity index is 965. The van der Waals surface area contributed by atoms with Gasteiger partial charge in [0.25, 0.3) is 0 Å².